The molecule has 0 aliphatic heterocycles. The van der Waals surface area contributed by atoms with Gasteiger partial charge >= 0.3 is 0 Å². The number of halogens is 1. The Labute approximate surface area is 130 Å². The van der Waals surface area contributed by atoms with Crippen molar-refractivity contribution in [3.05, 3.63) is 46.7 Å². The predicted octanol–water partition coefficient (Wildman–Crippen LogP) is 3.43. The summed E-state index contributed by atoms with van der Waals surface area (Å²) < 4.78 is 14.8. The van der Waals surface area contributed by atoms with Gasteiger partial charge in [0.25, 0.3) is 5.91 Å². The molecule has 0 unspecified atom stereocenters. The van der Waals surface area contributed by atoms with Crippen LogP contribution in [0.25, 0.3) is 15.9 Å². The summed E-state index contributed by atoms with van der Waals surface area (Å²) in [6.07, 6.45) is 2.14. The topological polar surface area (TPSA) is 46.9 Å². The van der Waals surface area contributed by atoms with Crippen molar-refractivity contribution in [1.29, 1.82) is 0 Å². The van der Waals surface area contributed by atoms with E-state index in [0.29, 0.717) is 10.9 Å². The van der Waals surface area contributed by atoms with Gasteiger partial charge in [-0.15, -0.1) is 11.3 Å². The minimum absolute atomic E-state index is 0.0197. The zero-order valence-corrected chi connectivity index (χ0v) is 12.8. The van der Waals surface area contributed by atoms with Crippen molar-refractivity contribution in [2.24, 2.45) is 0 Å². The first-order valence-electron chi connectivity index (χ1n) is 7.18. The molecule has 1 aliphatic rings. The number of carbonyl (C=O) groups is 1. The predicted molar refractivity (Wildman–Crippen MR) is 84.1 cm³/mol. The maximum atomic E-state index is 13.1. The van der Waals surface area contributed by atoms with Crippen molar-refractivity contribution in [1.82, 2.24) is 15.1 Å². The summed E-state index contributed by atoms with van der Waals surface area (Å²) in [6, 6.07) is 8.42. The maximum absolute atomic E-state index is 13.1. The standard InChI is InChI=1S/C16H14FN3OS/c1-9-13-8-14(15(21)18-11-4-5-11)22-16(13)20(19-9)12-6-2-10(17)3-7-12/h2-3,6-8,11H,4-5H2,1H3,(H,18,21). The van der Waals surface area contributed by atoms with Crippen molar-refractivity contribution in [2.75, 3.05) is 0 Å². The van der Waals surface area contributed by atoms with E-state index < -0.39 is 0 Å². The van der Waals surface area contributed by atoms with Crippen LogP contribution in [-0.4, -0.2) is 21.7 Å². The van der Waals surface area contributed by atoms with Gasteiger partial charge in [-0.1, -0.05) is 0 Å². The van der Waals surface area contributed by atoms with Gasteiger partial charge in [0.15, 0.2) is 0 Å². The summed E-state index contributed by atoms with van der Waals surface area (Å²) >= 11 is 1.42. The Kier molecular flexibility index (Phi) is 3.00. The molecule has 0 saturated heterocycles. The number of nitrogens with one attached hydrogen (secondary N) is 1. The number of rotatable bonds is 3. The third-order valence-corrected chi connectivity index (χ3v) is 4.86. The minimum atomic E-state index is -0.278. The first-order valence-corrected chi connectivity index (χ1v) is 7.99. The van der Waals surface area contributed by atoms with Gasteiger partial charge in [-0.3, -0.25) is 4.79 Å². The monoisotopic (exact) mass is 315 g/mol. The summed E-state index contributed by atoms with van der Waals surface area (Å²) in [5.74, 6) is -0.298. The number of hydrogen-bond acceptors (Lipinski definition) is 3. The molecule has 112 valence electrons. The van der Waals surface area contributed by atoms with Crippen molar-refractivity contribution in [3.63, 3.8) is 0 Å². The van der Waals surface area contributed by atoms with E-state index in [1.807, 2.05) is 13.0 Å². The van der Waals surface area contributed by atoms with Gasteiger partial charge in [0.2, 0.25) is 0 Å². The molecule has 0 spiro atoms. The number of thiophene rings is 1. The molecule has 1 N–H and O–H groups in total. The second kappa shape index (κ2) is 4.91. The van der Waals surface area contributed by atoms with Gasteiger partial charge in [0, 0.05) is 11.4 Å². The van der Waals surface area contributed by atoms with Crippen LogP contribution in [0.2, 0.25) is 0 Å². The summed E-state index contributed by atoms with van der Waals surface area (Å²) in [4.78, 5) is 13.8. The van der Waals surface area contributed by atoms with E-state index in [0.717, 1.165) is 34.4 Å². The lowest BCUT2D eigenvalue weighted by molar-refractivity contribution is 0.0955. The molecule has 4 nitrogen and oxygen atoms in total. The highest BCUT2D eigenvalue weighted by molar-refractivity contribution is 7.20. The minimum Gasteiger partial charge on any atom is -0.349 e. The lowest BCUT2D eigenvalue weighted by Crippen LogP contribution is -2.24. The number of nitrogens with zero attached hydrogens (tertiary/aromatic N) is 2. The van der Waals surface area contributed by atoms with Crippen LogP contribution < -0.4 is 5.32 Å². The Morgan fingerprint density at radius 2 is 2.09 bits per heavy atom. The molecule has 2 heterocycles. The average Bonchev–Trinajstić information content (AvgIpc) is 3.11. The number of fused-ring (bicyclic) bond motifs is 1. The van der Waals surface area contributed by atoms with E-state index in [2.05, 4.69) is 10.4 Å². The molecule has 22 heavy (non-hydrogen) atoms. The Balaban J connectivity index is 1.77. The highest BCUT2D eigenvalue weighted by atomic mass is 32.1. The zero-order valence-electron chi connectivity index (χ0n) is 12.0. The molecule has 1 saturated carbocycles. The average molecular weight is 315 g/mol. The molecule has 1 aromatic carbocycles. The molecule has 0 bridgehead atoms. The zero-order chi connectivity index (χ0) is 15.3. The maximum Gasteiger partial charge on any atom is 0.261 e. The quantitative estimate of drug-likeness (QED) is 0.805. The van der Waals surface area contributed by atoms with E-state index in [-0.39, 0.29) is 11.7 Å². The molecule has 1 aliphatic carbocycles. The third-order valence-electron chi connectivity index (χ3n) is 3.75. The summed E-state index contributed by atoms with van der Waals surface area (Å²) in [5.41, 5.74) is 1.65. The molecule has 0 radical (unpaired) electrons. The molecule has 1 amide bonds. The van der Waals surface area contributed by atoms with Gasteiger partial charge in [0.1, 0.15) is 10.6 Å². The molecule has 4 rings (SSSR count). The number of carbonyl (C=O) groups excluding carboxylic acids is 1. The lowest BCUT2D eigenvalue weighted by atomic mass is 10.3. The van der Waals surface area contributed by atoms with Crippen LogP contribution in [0.5, 0.6) is 0 Å². The molecule has 0 atom stereocenters. The first kappa shape index (κ1) is 13.5. The Morgan fingerprint density at radius 1 is 1.36 bits per heavy atom. The SMILES string of the molecule is Cc1nn(-c2ccc(F)cc2)c2sc(C(=O)NC3CC3)cc12. The van der Waals surface area contributed by atoms with Crippen molar-refractivity contribution >= 4 is 27.5 Å². The van der Waals surface area contributed by atoms with E-state index in [1.54, 1.807) is 16.8 Å². The van der Waals surface area contributed by atoms with Crippen LogP contribution in [0.4, 0.5) is 4.39 Å². The van der Waals surface area contributed by atoms with Crippen molar-refractivity contribution in [2.45, 2.75) is 25.8 Å². The van der Waals surface area contributed by atoms with Crippen LogP contribution in [0.1, 0.15) is 28.2 Å². The molecule has 3 aromatic rings. The third kappa shape index (κ3) is 2.29. The summed E-state index contributed by atoms with van der Waals surface area (Å²) in [7, 11) is 0. The second-order valence-electron chi connectivity index (χ2n) is 5.55. The van der Waals surface area contributed by atoms with Crippen molar-refractivity contribution < 1.29 is 9.18 Å². The normalized spacial score (nSPS) is 14.5. The van der Waals surface area contributed by atoms with Gasteiger partial charge in [-0.25, -0.2) is 9.07 Å². The van der Waals surface area contributed by atoms with E-state index in [1.165, 1.54) is 23.5 Å². The van der Waals surface area contributed by atoms with Gasteiger partial charge in [0.05, 0.1) is 16.3 Å². The first-order chi connectivity index (χ1) is 10.6. The van der Waals surface area contributed by atoms with Gasteiger partial charge in [-0.2, -0.15) is 5.10 Å². The highest BCUT2D eigenvalue weighted by Crippen LogP contribution is 2.31. The van der Waals surface area contributed by atoms with E-state index in [9.17, 15) is 9.18 Å². The molecular formula is C16H14FN3OS. The lowest BCUT2D eigenvalue weighted by Gasteiger charge is -2.02. The fourth-order valence-corrected chi connectivity index (χ4v) is 3.49. The Morgan fingerprint density at radius 3 is 2.77 bits per heavy atom. The smallest absolute Gasteiger partial charge is 0.261 e. The van der Waals surface area contributed by atoms with Gasteiger partial charge in [-0.05, 0) is 50.1 Å². The fourth-order valence-electron chi connectivity index (χ4n) is 2.40. The van der Waals surface area contributed by atoms with Gasteiger partial charge < -0.3 is 5.32 Å². The number of amides is 1. The van der Waals surface area contributed by atoms with Crippen LogP contribution in [-0.2, 0) is 0 Å². The van der Waals surface area contributed by atoms with Crippen molar-refractivity contribution in [3.8, 4) is 5.69 Å². The number of aromatic nitrogens is 2. The second-order valence-corrected chi connectivity index (χ2v) is 6.58. The summed E-state index contributed by atoms with van der Waals surface area (Å²) in [5, 5.41) is 8.46. The number of aryl methyl sites for hydroxylation is 1. The summed E-state index contributed by atoms with van der Waals surface area (Å²) in [6.45, 7) is 1.91. The molecular weight excluding hydrogens is 301 g/mol. The number of benzene rings is 1. The van der Waals surface area contributed by atoms with Crippen LogP contribution in [0, 0.1) is 12.7 Å². The Hall–Kier alpha value is -2.21. The highest BCUT2D eigenvalue weighted by Gasteiger charge is 2.25. The number of hydrogen-bond donors (Lipinski definition) is 1. The molecule has 1 fully saturated rings. The fraction of sp³-hybridized carbons (Fsp3) is 0.250. The van der Waals surface area contributed by atoms with Crippen LogP contribution in [0.15, 0.2) is 30.3 Å². The molecule has 6 heteroatoms. The largest absolute Gasteiger partial charge is 0.349 e. The van der Waals surface area contributed by atoms with E-state index in [4.69, 9.17) is 0 Å². The van der Waals surface area contributed by atoms with Crippen LogP contribution in [0.3, 0.4) is 0 Å². The Bertz CT molecular complexity index is 862. The van der Waals surface area contributed by atoms with E-state index >= 15 is 0 Å². The van der Waals surface area contributed by atoms with Crippen LogP contribution >= 0.6 is 11.3 Å². The molecule has 2 aromatic heterocycles.